The lowest BCUT2D eigenvalue weighted by Crippen LogP contribution is -2.37. The zero-order chi connectivity index (χ0) is 14.5. The van der Waals surface area contributed by atoms with Gasteiger partial charge in [-0.25, -0.2) is 0 Å². The summed E-state index contributed by atoms with van der Waals surface area (Å²) >= 11 is 3.49. The minimum absolute atomic E-state index is 0.0318. The third-order valence-corrected chi connectivity index (χ3v) is 4.09. The molecule has 2 rings (SSSR count). The van der Waals surface area contributed by atoms with Gasteiger partial charge in [-0.1, -0.05) is 15.9 Å². The van der Waals surface area contributed by atoms with E-state index in [1.54, 1.807) is 7.11 Å². The average Bonchev–Trinajstić information content (AvgIpc) is 2.47. The van der Waals surface area contributed by atoms with E-state index in [2.05, 4.69) is 26.9 Å². The molecular weight excluding hydrogens is 322 g/mol. The van der Waals surface area contributed by atoms with Crippen LogP contribution in [0.1, 0.15) is 19.8 Å². The fraction of sp³-hybridized carbons (Fsp3) is 0.533. The minimum atomic E-state index is -0.0617. The van der Waals surface area contributed by atoms with Crippen LogP contribution < -0.4 is 9.64 Å². The number of esters is 1. The maximum absolute atomic E-state index is 11.7. The first kappa shape index (κ1) is 15.2. The predicted octanol–water partition coefficient (Wildman–Crippen LogP) is 3.24. The fourth-order valence-electron chi connectivity index (χ4n) is 2.53. The highest BCUT2D eigenvalue weighted by molar-refractivity contribution is 9.10. The van der Waals surface area contributed by atoms with Crippen LogP contribution in [0.4, 0.5) is 5.69 Å². The largest absolute Gasteiger partial charge is 0.495 e. The highest BCUT2D eigenvalue weighted by Gasteiger charge is 2.27. The first-order valence-corrected chi connectivity index (χ1v) is 7.70. The second-order valence-corrected chi connectivity index (χ2v) is 5.75. The van der Waals surface area contributed by atoms with Crippen LogP contribution in [0.5, 0.6) is 5.75 Å². The molecule has 0 atom stereocenters. The third kappa shape index (κ3) is 3.45. The van der Waals surface area contributed by atoms with Crippen LogP contribution in [-0.4, -0.2) is 32.8 Å². The maximum Gasteiger partial charge on any atom is 0.309 e. The highest BCUT2D eigenvalue weighted by Crippen LogP contribution is 2.34. The summed E-state index contributed by atoms with van der Waals surface area (Å²) in [6, 6.07) is 5.98. The van der Waals surface area contributed by atoms with Gasteiger partial charge in [0.25, 0.3) is 0 Å². The van der Waals surface area contributed by atoms with Crippen molar-refractivity contribution in [2.45, 2.75) is 19.8 Å². The number of piperidine rings is 1. The number of rotatable bonds is 4. The molecule has 1 aliphatic heterocycles. The zero-order valence-electron chi connectivity index (χ0n) is 11.9. The fourth-order valence-corrected chi connectivity index (χ4v) is 2.88. The van der Waals surface area contributed by atoms with Gasteiger partial charge in [-0.2, -0.15) is 0 Å². The Hall–Kier alpha value is -1.23. The summed E-state index contributed by atoms with van der Waals surface area (Å²) < 4.78 is 11.5. The zero-order valence-corrected chi connectivity index (χ0v) is 13.5. The molecule has 1 aromatic carbocycles. The van der Waals surface area contributed by atoms with E-state index in [-0.39, 0.29) is 11.9 Å². The lowest BCUT2D eigenvalue weighted by molar-refractivity contribution is -0.148. The predicted molar refractivity (Wildman–Crippen MR) is 82.3 cm³/mol. The van der Waals surface area contributed by atoms with Gasteiger partial charge >= 0.3 is 5.97 Å². The van der Waals surface area contributed by atoms with Gasteiger partial charge in [0.1, 0.15) is 5.75 Å². The second-order valence-electron chi connectivity index (χ2n) is 4.83. The standard InChI is InChI=1S/C15H20BrNO3/c1-3-20-15(18)11-6-8-17(9-7-11)13-10-12(16)4-5-14(13)19-2/h4-5,10-11H,3,6-9H2,1-2H3. The summed E-state index contributed by atoms with van der Waals surface area (Å²) in [5, 5.41) is 0. The maximum atomic E-state index is 11.7. The number of carbonyl (C=O) groups is 1. The molecule has 4 nitrogen and oxygen atoms in total. The summed E-state index contributed by atoms with van der Waals surface area (Å²) in [6.07, 6.45) is 1.66. The van der Waals surface area contributed by atoms with Crippen LogP contribution in [0.15, 0.2) is 22.7 Å². The van der Waals surface area contributed by atoms with Crippen LogP contribution in [0.25, 0.3) is 0 Å². The Kier molecular flexibility index (Phi) is 5.29. The van der Waals surface area contributed by atoms with Crippen molar-refractivity contribution in [3.8, 4) is 5.75 Å². The number of hydrogen-bond acceptors (Lipinski definition) is 4. The molecule has 0 unspecified atom stereocenters. The Morgan fingerprint density at radius 1 is 1.40 bits per heavy atom. The number of anilines is 1. The van der Waals surface area contributed by atoms with E-state index in [4.69, 9.17) is 9.47 Å². The third-order valence-electron chi connectivity index (χ3n) is 3.60. The van der Waals surface area contributed by atoms with Crippen molar-refractivity contribution >= 4 is 27.6 Å². The molecule has 0 N–H and O–H groups in total. The Bertz CT molecular complexity index is 470. The molecule has 0 radical (unpaired) electrons. The van der Waals surface area contributed by atoms with Gasteiger partial charge in [0.15, 0.2) is 0 Å². The first-order valence-electron chi connectivity index (χ1n) is 6.90. The topological polar surface area (TPSA) is 38.8 Å². The van der Waals surface area contributed by atoms with Crippen LogP contribution in [-0.2, 0) is 9.53 Å². The Balaban J connectivity index is 2.03. The van der Waals surface area contributed by atoms with Crippen molar-refractivity contribution in [1.82, 2.24) is 0 Å². The molecular formula is C15H20BrNO3. The SMILES string of the molecule is CCOC(=O)C1CCN(c2cc(Br)ccc2OC)CC1. The van der Waals surface area contributed by atoms with Crippen molar-refractivity contribution < 1.29 is 14.3 Å². The Labute approximate surface area is 128 Å². The van der Waals surface area contributed by atoms with Gasteiger partial charge in [0.2, 0.25) is 0 Å². The summed E-state index contributed by atoms with van der Waals surface area (Å²) in [7, 11) is 1.68. The van der Waals surface area contributed by atoms with E-state index in [0.29, 0.717) is 6.61 Å². The second kappa shape index (κ2) is 6.97. The Morgan fingerprint density at radius 2 is 2.10 bits per heavy atom. The van der Waals surface area contributed by atoms with Gasteiger partial charge in [0, 0.05) is 17.6 Å². The van der Waals surface area contributed by atoms with Crippen molar-refractivity contribution in [3.05, 3.63) is 22.7 Å². The molecule has 0 spiro atoms. The molecule has 1 heterocycles. The van der Waals surface area contributed by atoms with Crippen molar-refractivity contribution in [3.63, 3.8) is 0 Å². The normalized spacial score (nSPS) is 16.1. The quantitative estimate of drug-likeness (QED) is 0.788. The molecule has 1 aromatic rings. The molecule has 0 aromatic heterocycles. The lowest BCUT2D eigenvalue weighted by Gasteiger charge is -2.33. The molecule has 0 saturated carbocycles. The number of benzene rings is 1. The molecule has 0 aliphatic carbocycles. The van der Waals surface area contributed by atoms with Crippen LogP contribution in [0.2, 0.25) is 0 Å². The number of carbonyl (C=O) groups excluding carboxylic acids is 1. The average molecular weight is 342 g/mol. The van der Waals surface area contributed by atoms with E-state index in [1.165, 1.54) is 0 Å². The number of hydrogen-bond donors (Lipinski definition) is 0. The smallest absolute Gasteiger partial charge is 0.309 e. The molecule has 1 fully saturated rings. The molecule has 0 amide bonds. The molecule has 5 heteroatoms. The lowest BCUT2D eigenvalue weighted by atomic mass is 9.96. The first-order chi connectivity index (χ1) is 9.65. The van der Waals surface area contributed by atoms with Crippen LogP contribution in [0.3, 0.4) is 0 Å². The highest BCUT2D eigenvalue weighted by atomic mass is 79.9. The van der Waals surface area contributed by atoms with Gasteiger partial charge in [-0.05, 0) is 38.0 Å². The monoisotopic (exact) mass is 341 g/mol. The van der Waals surface area contributed by atoms with Gasteiger partial charge in [-0.15, -0.1) is 0 Å². The number of nitrogens with zero attached hydrogens (tertiary/aromatic N) is 1. The van der Waals surface area contributed by atoms with Crippen molar-refractivity contribution in [1.29, 1.82) is 0 Å². The number of methoxy groups -OCH3 is 1. The summed E-state index contributed by atoms with van der Waals surface area (Å²) in [5.41, 5.74) is 1.07. The summed E-state index contributed by atoms with van der Waals surface area (Å²) in [6.45, 7) is 3.99. The van der Waals surface area contributed by atoms with Crippen LogP contribution in [0, 0.1) is 5.92 Å². The molecule has 1 saturated heterocycles. The van der Waals surface area contributed by atoms with Crippen molar-refractivity contribution in [2.24, 2.45) is 5.92 Å². The summed E-state index contributed by atoms with van der Waals surface area (Å²) in [4.78, 5) is 14.0. The van der Waals surface area contributed by atoms with E-state index in [1.807, 2.05) is 19.1 Å². The summed E-state index contributed by atoms with van der Waals surface area (Å²) in [5.74, 6) is 0.834. The van der Waals surface area contributed by atoms with E-state index in [9.17, 15) is 4.79 Å². The van der Waals surface area contributed by atoms with E-state index in [0.717, 1.165) is 41.8 Å². The van der Waals surface area contributed by atoms with Gasteiger partial charge < -0.3 is 14.4 Å². The van der Waals surface area contributed by atoms with Crippen LogP contribution >= 0.6 is 15.9 Å². The molecule has 1 aliphatic rings. The molecule has 0 bridgehead atoms. The van der Waals surface area contributed by atoms with Crippen molar-refractivity contribution in [2.75, 3.05) is 31.7 Å². The number of ether oxygens (including phenoxy) is 2. The van der Waals surface area contributed by atoms with Gasteiger partial charge in [0.05, 0.1) is 25.3 Å². The number of halogens is 1. The molecule has 110 valence electrons. The van der Waals surface area contributed by atoms with Gasteiger partial charge in [-0.3, -0.25) is 4.79 Å². The molecule has 20 heavy (non-hydrogen) atoms. The Morgan fingerprint density at radius 3 is 2.70 bits per heavy atom. The van der Waals surface area contributed by atoms with E-state index >= 15 is 0 Å². The van der Waals surface area contributed by atoms with E-state index < -0.39 is 0 Å². The minimum Gasteiger partial charge on any atom is -0.495 e.